The highest BCUT2D eigenvalue weighted by molar-refractivity contribution is 5.69. The second-order valence-electron chi connectivity index (χ2n) is 8.41. The van der Waals surface area contributed by atoms with Crippen molar-refractivity contribution < 1.29 is 14.6 Å². The lowest BCUT2D eigenvalue weighted by Crippen LogP contribution is -2.35. The van der Waals surface area contributed by atoms with Crippen LogP contribution in [0.5, 0.6) is 5.75 Å². The van der Waals surface area contributed by atoms with E-state index in [1.807, 2.05) is 36.2 Å². The van der Waals surface area contributed by atoms with Crippen LogP contribution < -0.4 is 4.74 Å². The summed E-state index contributed by atoms with van der Waals surface area (Å²) in [5.41, 5.74) is 5.11. The standard InChI is InChI=1S/C27H29NO3/c1-28(18-26(29)30)17-23-13-12-22-16-24(31-19-20-8-4-2-5-9-20)14-15-25(22)27(23)21-10-6-3-7-11-21/h2-11,14-16,23,27H,12-13,17-19H2,1H3,(H,29,30)/t23-,27+/m1/s1. The summed E-state index contributed by atoms with van der Waals surface area (Å²) in [6.07, 6.45) is 2.01. The van der Waals surface area contributed by atoms with Crippen molar-refractivity contribution in [3.63, 3.8) is 0 Å². The van der Waals surface area contributed by atoms with Crippen LogP contribution >= 0.6 is 0 Å². The molecule has 1 N–H and O–H groups in total. The highest BCUT2D eigenvalue weighted by Gasteiger charge is 2.32. The van der Waals surface area contributed by atoms with Crippen LogP contribution in [0.1, 0.15) is 34.6 Å². The van der Waals surface area contributed by atoms with E-state index in [4.69, 9.17) is 9.84 Å². The molecule has 1 aliphatic rings. The van der Waals surface area contributed by atoms with Crippen molar-refractivity contribution in [2.24, 2.45) is 5.92 Å². The first-order valence-corrected chi connectivity index (χ1v) is 10.8. The average Bonchev–Trinajstić information content (AvgIpc) is 2.78. The summed E-state index contributed by atoms with van der Waals surface area (Å²) in [4.78, 5) is 13.1. The Bertz CT molecular complexity index is 1000. The number of aryl methyl sites for hydroxylation is 1. The van der Waals surface area contributed by atoms with Crippen molar-refractivity contribution in [2.75, 3.05) is 20.1 Å². The molecule has 0 saturated heterocycles. The Balaban J connectivity index is 1.57. The Labute approximate surface area is 184 Å². The van der Waals surface area contributed by atoms with Gasteiger partial charge in [0.2, 0.25) is 0 Å². The molecule has 4 rings (SSSR count). The first-order chi connectivity index (χ1) is 15.1. The summed E-state index contributed by atoms with van der Waals surface area (Å²) in [6.45, 7) is 1.39. The van der Waals surface area contributed by atoms with Gasteiger partial charge in [0.25, 0.3) is 0 Å². The number of ether oxygens (including phenoxy) is 1. The lowest BCUT2D eigenvalue weighted by Gasteiger charge is -2.36. The van der Waals surface area contributed by atoms with Gasteiger partial charge in [-0.25, -0.2) is 0 Å². The van der Waals surface area contributed by atoms with Gasteiger partial charge in [-0.2, -0.15) is 0 Å². The third kappa shape index (κ3) is 5.33. The zero-order chi connectivity index (χ0) is 21.6. The predicted octanol–water partition coefficient (Wildman–Crippen LogP) is 4.98. The van der Waals surface area contributed by atoms with E-state index in [0.717, 1.165) is 30.7 Å². The third-order valence-electron chi connectivity index (χ3n) is 6.06. The van der Waals surface area contributed by atoms with Gasteiger partial charge >= 0.3 is 5.97 Å². The average molecular weight is 416 g/mol. The van der Waals surface area contributed by atoms with Gasteiger partial charge in [-0.05, 0) is 60.2 Å². The minimum absolute atomic E-state index is 0.0666. The molecule has 0 bridgehead atoms. The number of nitrogens with zero attached hydrogens (tertiary/aromatic N) is 1. The molecule has 0 amide bonds. The smallest absolute Gasteiger partial charge is 0.317 e. The van der Waals surface area contributed by atoms with E-state index >= 15 is 0 Å². The van der Waals surface area contributed by atoms with Crippen LogP contribution in [0.4, 0.5) is 0 Å². The van der Waals surface area contributed by atoms with Crippen LogP contribution in [0.25, 0.3) is 0 Å². The van der Waals surface area contributed by atoms with Crippen LogP contribution in [0.2, 0.25) is 0 Å². The van der Waals surface area contributed by atoms with Crippen molar-refractivity contribution in [1.82, 2.24) is 4.90 Å². The van der Waals surface area contributed by atoms with Crippen molar-refractivity contribution in [2.45, 2.75) is 25.4 Å². The Morgan fingerprint density at radius 3 is 2.45 bits per heavy atom. The van der Waals surface area contributed by atoms with E-state index < -0.39 is 5.97 Å². The van der Waals surface area contributed by atoms with Crippen LogP contribution in [-0.4, -0.2) is 36.1 Å². The van der Waals surface area contributed by atoms with Crippen molar-refractivity contribution in [3.05, 3.63) is 101 Å². The lowest BCUT2D eigenvalue weighted by molar-refractivity contribution is -0.138. The summed E-state index contributed by atoms with van der Waals surface area (Å²) < 4.78 is 6.06. The Morgan fingerprint density at radius 1 is 1.03 bits per heavy atom. The van der Waals surface area contributed by atoms with Crippen LogP contribution in [-0.2, 0) is 17.8 Å². The van der Waals surface area contributed by atoms with E-state index in [9.17, 15) is 4.79 Å². The number of likely N-dealkylation sites (N-methyl/N-ethyl adjacent to an activating group) is 1. The Morgan fingerprint density at radius 2 is 1.74 bits per heavy atom. The summed E-state index contributed by atoms with van der Waals surface area (Å²) in [6, 6.07) is 27.2. The zero-order valence-electron chi connectivity index (χ0n) is 17.9. The molecule has 0 aromatic heterocycles. The molecule has 31 heavy (non-hydrogen) atoms. The molecule has 3 aromatic carbocycles. The number of aliphatic carboxylic acids is 1. The second kappa shape index (κ2) is 9.80. The van der Waals surface area contributed by atoms with Crippen LogP contribution in [0.3, 0.4) is 0 Å². The number of fused-ring (bicyclic) bond motifs is 1. The van der Waals surface area contributed by atoms with Gasteiger partial charge in [0.05, 0.1) is 6.54 Å². The largest absolute Gasteiger partial charge is 0.489 e. The fraction of sp³-hybridized carbons (Fsp3) is 0.296. The van der Waals surface area contributed by atoms with Crippen LogP contribution in [0.15, 0.2) is 78.9 Å². The maximum Gasteiger partial charge on any atom is 0.317 e. The van der Waals surface area contributed by atoms with Gasteiger partial charge < -0.3 is 9.84 Å². The molecule has 4 heteroatoms. The summed E-state index contributed by atoms with van der Waals surface area (Å²) in [5.74, 6) is 0.741. The molecule has 0 spiro atoms. The zero-order valence-corrected chi connectivity index (χ0v) is 17.9. The molecule has 0 fully saturated rings. The first-order valence-electron chi connectivity index (χ1n) is 10.8. The third-order valence-corrected chi connectivity index (χ3v) is 6.06. The lowest BCUT2D eigenvalue weighted by atomic mass is 9.71. The topological polar surface area (TPSA) is 49.8 Å². The van der Waals surface area contributed by atoms with Gasteiger partial charge in [-0.3, -0.25) is 9.69 Å². The molecule has 1 aliphatic carbocycles. The molecule has 0 radical (unpaired) electrons. The van der Waals surface area contributed by atoms with Gasteiger partial charge in [-0.1, -0.05) is 66.7 Å². The number of carboxylic acid groups (broad SMARTS) is 1. The molecular weight excluding hydrogens is 386 g/mol. The Kier molecular flexibility index (Phi) is 6.68. The normalized spacial score (nSPS) is 17.9. The van der Waals surface area contributed by atoms with Gasteiger partial charge in [0.15, 0.2) is 0 Å². The Hall–Kier alpha value is -3.11. The number of rotatable bonds is 8. The van der Waals surface area contributed by atoms with Crippen LogP contribution in [0, 0.1) is 5.92 Å². The van der Waals surface area contributed by atoms with Gasteiger partial charge in [-0.15, -0.1) is 0 Å². The second-order valence-corrected chi connectivity index (χ2v) is 8.41. The first kappa shape index (κ1) is 21.1. The maximum atomic E-state index is 11.1. The molecule has 4 nitrogen and oxygen atoms in total. The summed E-state index contributed by atoms with van der Waals surface area (Å²) >= 11 is 0. The molecule has 0 saturated carbocycles. The number of benzene rings is 3. The van der Waals surface area contributed by atoms with Crippen molar-refractivity contribution >= 4 is 5.97 Å². The monoisotopic (exact) mass is 415 g/mol. The SMILES string of the molecule is CN(CC(=O)O)C[C@H]1CCc2cc(OCc3ccccc3)ccc2[C@H]1c1ccccc1. The fourth-order valence-electron chi connectivity index (χ4n) is 4.70. The molecule has 0 aliphatic heterocycles. The van der Waals surface area contributed by atoms with E-state index in [2.05, 4.69) is 54.6 Å². The highest BCUT2D eigenvalue weighted by Crippen LogP contribution is 2.42. The molecule has 0 unspecified atom stereocenters. The molecule has 0 heterocycles. The van der Waals surface area contributed by atoms with E-state index in [-0.39, 0.29) is 12.5 Å². The van der Waals surface area contributed by atoms with Crippen molar-refractivity contribution in [3.8, 4) is 5.75 Å². The number of hydrogen-bond donors (Lipinski definition) is 1. The van der Waals surface area contributed by atoms with Gasteiger partial charge in [0.1, 0.15) is 12.4 Å². The number of carboxylic acids is 1. The van der Waals surface area contributed by atoms with Crippen molar-refractivity contribution in [1.29, 1.82) is 0 Å². The summed E-state index contributed by atoms with van der Waals surface area (Å²) in [5, 5.41) is 9.16. The molecule has 2 atom stereocenters. The number of hydrogen-bond acceptors (Lipinski definition) is 3. The molecule has 160 valence electrons. The fourth-order valence-corrected chi connectivity index (χ4v) is 4.70. The minimum atomic E-state index is -0.782. The highest BCUT2D eigenvalue weighted by atomic mass is 16.5. The van der Waals surface area contributed by atoms with E-state index in [1.54, 1.807) is 0 Å². The minimum Gasteiger partial charge on any atom is -0.489 e. The molecule has 3 aromatic rings. The van der Waals surface area contributed by atoms with E-state index in [1.165, 1.54) is 16.7 Å². The molecular formula is C27H29NO3. The number of carbonyl (C=O) groups is 1. The predicted molar refractivity (Wildman–Crippen MR) is 122 cm³/mol. The quantitative estimate of drug-likeness (QED) is 0.564. The summed E-state index contributed by atoms with van der Waals surface area (Å²) in [7, 11) is 1.90. The van der Waals surface area contributed by atoms with E-state index in [0.29, 0.717) is 12.5 Å². The van der Waals surface area contributed by atoms with Gasteiger partial charge in [0, 0.05) is 12.5 Å². The maximum absolute atomic E-state index is 11.1.